The third-order valence-electron chi connectivity index (χ3n) is 6.48. The van der Waals surface area contributed by atoms with E-state index >= 15 is 0 Å². The molecule has 1 aromatic heterocycles. The molecule has 1 aliphatic heterocycles. The van der Waals surface area contributed by atoms with Gasteiger partial charge in [-0.1, -0.05) is 61.0 Å². The molecule has 1 unspecified atom stereocenters. The number of likely N-dealkylation sites (tertiary alicyclic amines) is 1. The van der Waals surface area contributed by atoms with Gasteiger partial charge in [-0.25, -0.2) is 0 Å². The highest BCUT2D eigenvalue weighted by atomic mass is 79.9. The number of nitrogens with zero attached hydrogens (tertiary/aromatic N) is 2. The molecule has 1 saturated heterocycles. The SMILES string of the molecule is Br.CCCC1CN(CC(=O)c2cc(C(C)(C)C)c(O)c(C(C)(C)C)c2)C(=N)/C1=C\c1ccccn1. The summed E-state index contributed by atoms with van der Waals surface area (Å²) in [6.45, 7) is 15.2. The summed E-state index contributed by atoms with van der Waals surface area (Å²) < 4.78 is 0. The Balaban J connectivity index is 0.00000432. The number of Topliss-reactive ketones (excluding diaryl/α,β-unsaturated/α-hetero) is 1. The molecule has 2 aromatic rings. The van der Waals surface area contributed by atoms with Gasteiger partial charge in [-0.15, -0.1) is 17.0 Å². The predicted octanol–water partition coefficient (Wildman–Crippen LogP) is 6.94. The zero-order valence-corrected chi connectivity index (χ0v) is 23.8. The minimum atomic E-state index is -0.300. The Bertz CT molecular complexity index is 1060. The first-order chi connectivity index (χ1) is 15.8. The topological polar surface area (TPSA) is 77.3 Å². The summed E-state index contributed by atoms with van der Waals surface area (Å²) in [5, 5.41) is 19.8. The largest absolute Gasteiger partial charge is 0.507 e. The van der Waals surface area contributed by atoms with E-state index in [4.69, 9.17) is 5.41 Å². The van der Waals surface area contributed by atoms with Crippen molar-refractivity contribution in [3.8, 4) is 5.75 Å². The van der Waals surface area contributed by atoms with Crippen LogP contribution in [0.3, 0.4) is 0 Å². The van der Waals surface area contributed by atoms with Gasteiger partial charge in [-0.05, 0) is 47.6 Å². The molecule has 1 atom stereocenters. The lowest BCUT2D eigenvalue weighted by molar-refractivity contribution is 0.0963. The van der Waals surface area contributed by atoms with Crippen molar-refractivity contribution in [2.24, 2.45) is 5.92 Å². The molecular weight excluding hydrogens is 502 g/mol. The number of aromatic hydroxyl groups is 1. The van der Waals surface area contributed by atoms with Gasteiger partial charge >= 0.3 is 0 Å². The average molecular weight is 543 g/mol. The van der Waals surface area contributed by atoms with Crippen LogP contribution < -0.4 is 0 Å². The molecule has 0 amide bonds. The van der Waals surface area contributed by atoms with Crippen molar-refractivity contribution < 1.29 is 9.90 Å². The van der Waals surface area contributed by atoms with E-state index in [2.05, 4.69) is 11.9 Å². The Morgan fingerprint density at radius 3 is 2.23 bits per heavy atom. The molecule has 190 valence electrons. The summed E-state index contributed by atoms with van der Waals surface area (Å²) in [5.41, 5.74) is 3.33. The number of halogens is 1. The average Bonchev–Trinajstić information content (AvgIpc) is 3.02. The smallest absolute Gasteiger partial charge is 0.182 e. The number of carbonyl (C=O) groups excluding carboxylic acids is 1. The minimum Gasteiger partial charge on any atom is -0.507 e. The van der Waals surface area contributed by atoms with Crippen LogP contribution in [0.25, 0.3) is 6.08 Å². The summed E-state index contributed by atoms with van der Waals surface area (Å²) in [6.07, 6.45) is 5.73. The van der Waals surface area contributed by atoms with Crippen molar-refractivity contribution in [2.75, 3.05) is 13.1 Å². The molecule has 1 fully saturated rings. The molecule has 2 N–H and O–H groups in total. The summed E-state index contributed by atoms with van der Waals surface area (Å²) in [7, 11) is 0. The zero-order chi connectivity index (χ0) is 25.3. The molecule has 0 aliphatic carbocycles. The molecule has 0 saturated carbocycles. The van der Waals surface area contributed by atoms with Crippen molar-refractivity contribution in [1.82, 2.24) is 9.88 Å². The fraction of sp³-hybridized carbons (Fsp3) is 0.483. The number of carbonyl (C=O) groups is 1. The van der Waals surface area contributed by atoms with Crippen LogP contribution >= 0.6 is 17.0 Å². The van der Waals surface area contributed by atoms with Crippen LogP contribution in [0.1, 0.15) is 88.5 Å². The van der Waals surface area contributed by atoms with Gasteiger partial charge in [0.2, 0.25) is 0 Å². The second-order valence-corrected chi connectivity index (χ2v) is 11.4. The van der Waals surface area contributed by atoms with Crippen molar-refractivity contribution in [3.63, 3.8) is 0 Å². The van der Waals surface area contributed by atoms with Gasteiger partial charge in [0.15, 0.2) is 5.78 Å². The van der Waals surface area contributed by atoms with Gasteiger partial charge in [0.1, 0.15) is 11.6 Å². The van der Waals surface area contributed by atoms with Gasteiger partial charge in [-0.3, -0.25) is 15.2 Å². The summed E-state index contributed by atoms with van der Waals surface area (Å²) >= 11 is 0. The fourth-order valence-corrected chi connectivity index (χ4v) is 4.58. The molecule has 1 aliphatic rings. The molecule has 0 bridgehead atoms. The van der Waals surface area contributed by atoms with Gasteiger partial charge in [0, 0.05) is 40.9 Å². The van der Waals surface area contributed by atoms with E-state index in [1.54, 1.807) is 6.20 Å². The van der Waals surface area contributed by atoms with Crippen molar-refractivity contribution in [2.45, 2.75) is 72.1 Å². The number of rotatable bonds is 6. The third-order valence-corrected chi connectivity index (χ3v) is 6.48. The lowest BCUT2D eigenvalue weighted by Crippen LogP contribution is -2.31. The van der Waals surface area contributed by atoms with Crippen LogP contribution in [0.5, 0.6) is 5.75 Å². The summed E-state index contributed by atoms with van der Waals surface area (Å²) in [4.78, 5) is 19.8. The van der Waals surface area contributed by atoms with Crippen LogP contribution in [0, 0.1) is 11.3 Å². The molecule has 2 heterocycles. The lowest BCUT2D eigenvalue weighted by atomic mass is 9.78. The number of benzene rings is 1. The quantitative estimate of drug-likeness (QED) is 0.388. The van der Waals surface area contributed by atoms with E-state index in [1.807, 2.05) is 82.9 Å². The second kappa shape index (κ2) is 11.1. The Hall–Kier alpha value is -2.47. The zero-order valence-electron chi connectivity index (χ0n) is 22.1. The third kappa shape index (κ3) is 6.60. The molecule has 0 radical (unpaired) electrons. The van der Waals surface area contributed by atoms with E-state index in [9.17, 15) is 9.90 Å². The molecule has 1 aromatic carbocycles. The summed E-state index contributed by atoms with van der Waals surface area (Å²) in [5.74, 6) is 0.856. The molecule has 5 nitrogen and oxygen atoms in total. The Morgan fingerprint density at radius 2 is 1.74 bits per heavy atom. The number of phenolic OH excluding ortho intramolecular Hbond substituents is 1. The van der Waals surface area contributed by atoms with Crippen molar-refractivity contribution in [3.05, 3.63) is 64.5 Å². The standard InChI is InChI=1S/C29H39N3O2.BrH/c1-8-11-19-17-32(27(30)22(19)16-21-12-9-10-13-31-21)18-25(33)20-14-23(28(2,3)4)26(34)24(15-20)29(5,6)7;/h9-10,12-16,19,30,34H,8,11,17-18H2,1-7H3;1H/b22-16-,30-27?;. The highest BCUT2D eigenvalue weighted by Crippen LogP contribution is 2.40. The van der Waals surface area contributed by atoms with Gasteiger partial charge in [0.05, 0.1) is 12.2 Å². The highest BCUT2D eigenvalue weighted by Gasteiger charge is 2.34. The first-order valence-electron chi connectivity index (χ1n) is 12.2. The molecular formula is C29H40BrN3O2. The number of amidine groups is 1. The number of aromatic nitrogens is 1. The number of phenols is 1. The van der Waals surface area contributed by atoms with Crippen molar-refractivity contribution in [1.29, 1.82) is 5.41 Å². The normalized spacial score (nSPS) is 17.6. The lowest BCUT2D eigenvalue weighted by Gasteiger charge is -2.28. The highest BCUT2D eigenvalue weighted by molar-refractivity contribution is 8.93. The number of hydrogen-bond donors (Lipinski definition) is 2. The molecule has 6 heteroatoms. The van der Waals surface area contributed by atoms with E-state index in [0.717, 1.165) is 35.2 Å². The van der Waals surface area contributed by atoms with E-state index in [0.29, 0.717) is 17.9 Å². The Morgan fingerprint density at radius 1 is 1.14 bits per heavy atom. The summed E-state index contributed by atoms with van der Waals surface area (Å²) in [6, 6.07) is 9.43. The van der Waals surface area contributed by atoms with Gasteiger partial charge in [-0.2, -0.15) is 0 Å². The van der Waals surface area contributed by atoms with Crippen LogP contribution in [0.2, 0.25) is 0 Å². The number of pyridine rings is 1. The molecule has 35 heavy (non-hydrogen) atoms. The maximum absolute atomic E-state index is 13.5. The Labute approximate surface area is 220 Å². The monoisotopic (exact) mass is 541 g/mol. The molecule has 3 rings (SSSR count). The Kier molecular flexibility index (Phi) is 9.10. The van der Waals surface area contributed by atoms with Gasteiger partial charge in [0.25, 0.3) is 0 Å². The van der Waals surface area contributed by atoms with Crippen LogP contribution in [-0.2, 0) is 10.8 Å². The first-order valence-corrected chi connectivity index (χ1v) is 12.2. The number of hydrogen-bond acceptors (Lipinski definition) is 4. The maximum Gasteiger partial charge on any atom is 0.182 e. The van der Waals surface area contributed by atoms with Crippen LogP contribution in [0.4, 0.5) is 0 Å². The van der Waals surface area contributed by atoms with Crippen LogP contribution in [-0.4, -0.2) is 39.7 Å². The predicted molar refractivity (Wildman–Crippen MR) is 150 cm³/mol. The number of nitrogens with one attached hydrogen (secondary N) is 1. The van der Waals surface area contributed by atoms with E-state index in [1.165, 1.54) is 0 Å². The second-order valence-electron chi connectivity index (χ2n) is 11.4. The first kappa shape index (κ1) is 28.8. The number of ketones is 1. The fourth-order valence-electron chi connectivity index (χ4n) is 4.58. The van der Waals surface area contributed by atoms with E-state index in [-0.39, 0.29) is 51.8 Å². The van der Waals surface area contributed by atoms with E-state index < -0.39 is 0 Å². The molecule has 0 spiro atoms. The minimum absolute atomic E-state index is 0. The van der Waals surface area contributed by atoms with Gasteiger partial charge < -0.3 is 10.0 Å². The maximum atomic E-state index is 13.5. The van der Waals surface area contributed by atoms with Crippen molar-refractivity contribution >= 4 is 34.7 Å². The van der Waals surface area contributed by atoms with Crippen LogP contribution in [0.15, 0.2) is 42.1 Å².